The monoisotopic (exact) mass is 338 g/mol. The highest BCUT2D eigenvalue weighted by Gasteiger charge is 2.22. The highest BCUT2D eigenvalue weighted by molar-refractivity contribution is 7.46. The molecule has 0 fully saturated rings. The van der Waals surface area contributed by atoms with Crippen molar-refractivity contribution in [3.63, 3.8) is 0 Å². The number of rotatable bonds is 12. The molecule has 0 unspecified atom stereocenters. The predicted molar refractivity (Wildman–Crippen MR) is 77.3 cm³/mol. The zero-order valence-electron chi connectivity index (χ0n) is 12.4. The van der Waals surface area contributed by atoms with Gasteiger partial charge in [-0.05, 0) is 0 Å². The number of ether oxygens (including phenoxy) is 2. The van der Waals surface area contributed by atoms with Gasteiger partial charge in [-0.3, -0.25) is 14.1 Å². The fourth-order valence-electron chi connectivity index (χ4n) is 1.34. The van der Waals surface area contributed by atoms with Gasteiger partial charge in [0.25, 0.3) is 0 Å². The van der Waals surface area contributed by atoms with Crippen molar-refractivity contribution in [3.05, 3.63) is 13.8 Å². The second kappa shape index (κ2) is 11.6. The van der Waals surface area contributed by atoms with Crippen LogP contribution in [0.1, 0.15) is 38.5 Å². The van der Waals surface area contributed by atoms with Crippen LogP contribution >= 0.6 is 7.82 Å². The SMILES string of the molecule is [CH2-]CCCC(=O)OC[C@H](COP(=O)(O)O)OC(=O)CCC[CH2-]. The predicted octanol–water partition coefficient (Wildman–Crippen LogP) is 1.56. The van der Waals surface area contributed by atoms with E-state index < -0.39 is 32.5 Å². The Kier molecular flexibility index (Phi) is 11.1. The Morgan fingerprint density at radius 1 is 1.00 bits per heavy atom. The van der Waals surface area contributed by atoms with Gasteiger partial charge in [-0.2, -0.15) is 12.8 Å². The molecular formula is C13H23O8P-2. The Morgan fingerprint density at radius 3 is 2.05 bits per heavy atom. The van der Waals surface area contributed by atoms with E-state index in [4.69, 9.17) is 19.3 Å². The molecule has 0 aliphatic rings. The van der Waals surface area contributed by atoms with Crippen molar-refractivity contribution in [2.24, 2.45) is 0 Å². The first kappa shape index (κ1) is 21.0. The van der Waals surface area contributed by atoms with Gasteiger partial charge in [0.15, 0.2) is 6.10 Å². The average Bonchev–Trinajstić information content (AvgIpc) is 2.44. The second-order valence-electron chi connectivity index (χ2n) is 4.50. The molecule has 0 rings (SSSR count). The Balaban J connectivity index is 4.35. The summed E-state index contributed by atoms with van der Waals surface area (Å²) in [5.41, 5.74) is 0. The molecule has 1 atom stereocenters. The summed E-state index contributed by atoms with van der Waals surface area (Å²) in [5.74, 6) is -1.07. The third-order valence-electron chi connectivity index (χ3n) is 2.42. The van der Waals surface area contributed by atoms with Gasteiger partial charge in [-0.25, -0.2) is 4.57 Å². The van der Waals surface area contributed by atoms with Crippen molar-refractivity contribution in [2.45, 2.75) is 44.6 Å². The molecule has 9 heteroatoms. The lowest BCUT2D eigenvalue weighted by molar-refractivity contribution is -0.161. The molecule has 0 aromatic heterocycles. The molecule has 0 aromatic carbocycles. The molecule has 0 radical (unpaired) electrons. The molecule has 0 heterocycles. The summed E-state index contributed by atoms with van der Waals surface area (Å²) >= 11 is 0. The molecule has 8 nitrogen and oxygen atoms in total. The molecule has 0 saturated heterocycles. The van der Waals surface area contributed by atoms with E-state index in [1.54, 1.807) is 0 Å². The maximum atomic E-state index is 11.5. The van der Waals surface area contributed by atoms with Gasteiger partial charge in [-0.15, -0.1) is 0 Å². The Bertz CT molecular complexity index is 378. The molecule has 0 amide bonds. The normalized spacial score (nSPS) is 12.7. The molecule has 2 N–H and O–H groups in total. The summed E-state index contributed by atoms with van der Waals surface area (Å²) < 4.78 is 24.8. The molecule has 0 spiro atoms. The van der Waals surface area contributed by atoms with Crippen molar-refractivity contribution in [1.82, 2.24) is 0 Å². The van der Waals surface area contributed by atoms with Crippen LogP contribution < -0.4 is 0 Å². The summed E-state index contributed by atoms with van der Waals surface area (Å²) in [4.78, 5) is 40.2. The topological polar surface area (TPSA) is 119 Å². The van der Waals surface area contributed by atoms with E-state index in [1.807, 2.05) is 0 Å². The number of esters is 2. The van der Waals surface area contributed by atoms with Crippen molar-refractivity contribution >= 4 is 19.8 Å². The number of hydrogen-bond acceptors (Lipinski definition) is 6. The van der Waals surface area contributed by atoms with Crippen molar-refractivity contribution in [1.29, 1.82) is 0 Å². The zero-order chi connectivity index (χ0) is 17.0. The Morgan fingerprint density at radius 2 is 1.55 bits per heavy atom. The standard InChI is InChI=1S/C13H23O8P/c1-3-5-7-12(14)19-9-11(10-20-22(16,17)18)21-13(15)8-6-4-2/h11H,1-10H2,(H2,16,17,18)/q-2/t11-/m1/s1. The zero-order valence-corrected chi connectivity index (χ0v) is 13.3. The van der Waals surface area contributed by atoms with Crippen LogP contribution in [-0.2, 0) is 28.2 Å². The van der Waals surface area contributed by atoms with Crippen molar-refractivity contribution < 1.29 is 37.9 Å². The average molecular weight is 338 g/mol. The molecule has 130 valence electrons. The van der Waals surface area contributed by atoms with Crippen LogP contribution in [0.5, 0.6) is 0 Å². The summed E-state index contributed by atoms with van der Waals surface area (Å²) in [6.07, 6.45) is 1.43. The highest BCUT2D eigenvalue weighted by Crippen LogP contribution is 2.35. The molecular weight excluding hydrogens is 315 g/mol. The van der Waals surface area contributed by atoms with E-state index in [1.165, 1.54) is 0 Å². The quantitative estimate of drug-likeness (QED) is 0.312. The van der Waals surface area contributed by atoms with E-state index in [2.05, 4.69) is 18.4 Å². The molecule has 0 aliphatic carbocycles. The van der Waals surface area contributed by atoms with Crippen LogP contribution in [0.15, 0.2) is 0 Å². The van der Waals surface area contributed by atoms with Gasteiger partial charge < -0.3 is 33.1 Å². The highest BCUT2D eigenvalue weighted by atomic mass is 31.2. The van der Waals surface area contributed by atoms with E-state index in [0.717, 1.165) is 0 Å². The first-order valence-corrected chi connectivity index (χ1v) is 8.45. The van der Waals surface area contributed by atoms with E-state index >= 15 is 0 Å². The first-order valence-electron chi connectivity index (χ1n) is 6.92. The minimum Gasteiger partial charge on any atom is -0.462 e. The third-order valence-corrected chi connectivity index (χ3v) is 2.90. The lowest BCUT2D eigenvalue weighted by atomic mass is 10.2. The van der Waals surface area contributed by atoms with E-state index in [-0.39, 0.29) is 19.4 Å². The summed E-state index contributed by atoms with van der Waals surface area (Å²) in [6, 6.07) is 0. The van der Waals surface area contributed by atoms with Crippen LogP contribution in [0.2, 0.25) is 0 Å². The molecule has 0 aliphatic heterocycles. The number of phosphoric acid groups is 1. The van der Waals surface area contributed by atoms with Gasteiger partial charge in [-0.1, -0.05) is 12.8 Å². The number of phosphoric ester groups is 1. The van der Waals surface area contributed by atoms with Gasteiger partial charge >= 0.3 is 19.8 Å². The maximum absolute atomic E-state index is 11.5. The second-order valence-corrected chi connectivity index (χ2v) is 5.73. The Labute approximate surface area is 130 Å². The minimum atomic E-state index is -4.70. The number of hydrogen-bond donors (Lipinski definition) is 2. The summed E-state index contributed by atoms with van der Waals surface area (Å²) in [6.45, 7) is 6.28. The van der Waals surface area contributed by atoms with Gasteiger partial charge in [0.1, 0.15) is 6.61 Å². The number of carbonyl (C=O) groups is 2. The van der Waals surface area contributed by atoms with Crippen LogP contribution in [0.25, 0.3) is 0 Å². The lowest BCUT2D eigenvalue weighted by Gasteiger charge is -2.18. The maximum Gasteiger partial charge on any atom is 0.469 e. The van der Waals surface area contributed by atoms with Crippen molar-refractivity contribution in [2.75, 3.05) is 13.2 Å². The molecule has 0 bridgehead atoms. The van der Waals surface area contributed by atoms with Crippen LogP contribution in [0.4, 0.5) is 0 Å². The van der Waals surface area contributed by atoms with E-state index in [0.29, 0.717) is 25.7 Å². The van der Waals surface area contributed by atoms with Gasteiger partial charge in [0.05, 0.1) is 6.61 Å². The molecule has 0 saturated carbocycles. The van der Waals surface area contributed by atoms with E-state index in [9.17, 15) is 14.2 Å². The van der Waals surface area contributed by atoms with Crippen LogP contribution in [-0.4, -0.2) is 41.0 Å². The summed E-state index contributed by atoms with van der Waals surface area (Å²) in [5, 5.41) is 0. The first-order chi connectivity index (χ1) is 10.3. The van der Waals surface area contributed by atoms with Crippen LogP contribution in [0, 0.1) is 13.8 Å². The fraction of sp³-hybridized carbons (Fsp3) is 0.692. The van der Waals surface area contributed by atoms with Crippen LogP contribution in [0.3, 0.4) is 0 Å². The largest absolute Gasteiger partial charge is 0.469 e. The minimum absolute atomic E-state index is 0.116. The number of carbonyl (C=O) groups excluding carboxylic acids is 2. The van der Waals surface area contributed by atoms with Gasteiger partial charge in [0, 0.05) is 12.8 Å². The van der Waals surface area contributed by atoms with Crippen molar-refractivity contribution in [3.8, 4) is 0 Å². The lowest BCUT2D eigenvalue weighted by Crippen LogP contribution is -2.29. The third kappa shape index (κ3) is 12.8. The Hall–Kier alpha value is -0.950. The molecule has 22 heavy (non-hydrogen) atoms. The smallest absolute Gasteiger partial charge is 0.462 e. The summed E-state index contributed by atoms with van der Waals surface area (Å²) in [7, 11) is -4.70. The van der Waals surface area contributed by atoms with Gasteiger partial charge in [0.2, 0.25) is 0 Å². The molecule has 0 aromatic rings. The number of unbranched alkanes of at least 4 members (excludes halogenated alkanes) is 2. The fourth-order valence-corrected chi connectivity index (χ4v) is 1.70.